The van der Waals surface area contributed by atoms with Crippen molar-refractivity contribution in [1.29, 1.82) is 0 Å². The summed E-state index contributed by atoms with van der Waals surface area (Å²) in [5.74, 6) is 0. The maximum atomic E-state index is 5.05. The topological polar surface area (TPSA) is 28.4 Å². The van der Waals surface area contributed by atoms with Crippen LogP contribution in [0.15, 0.2) is 23.0 Å². The zero-order valence-corrected chi connectivity index (χ0v) is 11.6. The summed E-state index contributed by atoms with van der Waals surface area (Å²) in [4.78, 5) is 2.30. The van der Waals surface area contributed by atoms with Crippen LogP contribution >= 0.6 is 0 Å². The molecule has 0 amide bonds. The second-order valence-electron chi connectivity index (χ2n) is 5.93. The molecular formula is C14H26N2O. The molecule has 0 spiro atoms. The van der Waals surface area contributed by atoms with E-state index in [9.17, 15) is 0 Å². The molecule has 0 bridgehead atoms. The van der Waals surface area contributed by atoms with Crippen molar-refractivity contribution in [3.63, 3.8) is 0 Å². The third-order valence-corrected chi connectivity index (χ3v) is 2.75. The molecule has 1 rings (SSSR count). The monoisotopic (exact) mass is 238 g/mol. The highest BCUT2D eigenvalue weighted by Crippen LogP contribution is 2.16. The fourth-order valence-electron chi connectivity index (χ4n) is 1.63. The molecule has 17 heavy (non-hydrogen) atoms. The Morgan fingerprint density at radius 3 is 2.65 bits per heavy atom. The molecule has 98 valence electrons. The fraction of sp³-hybridized carbons (Fsp3) is 0.714. The molecular weight excluding hydrogens is 212 g/mol. The van der Waals surface area contributed by atoms with Gasteiger partial charge in [-0.2, -0.15) is 0 Å². The molecule has 0 fully saturated rings. The van der Waals surface area contributed by atoms with Crippen molar-refractivity contribution in [2.45, 2.75) is 33.7 Å². The molecule has 3 nitrogen and oxygen atoms in total. The Hall–Kier alpha value is -0.800. The fourth-order valence-corrected chi connectivity index (χ4v) is 1.63. The van der Waals surface area contributed by atoms with Crippen LogP contribution in [0, 0.1) is 5.41 Å². The molecule has 0 atom stereocenters. The standard InChI is InChI=1S/C14H26N2O/c1-14(2,3)6-7-15-8-9-16(4)11-13-5-10-17-12-13/h5,10,12,15H,6-9,11H2,1-4H3. The summed E-state index contributed by atoms with van der Waals surface area (Å²) in [6.07, 6.45) is 4.76. The van der Waals surface area contributed by atoms with Crippen LogP contribution in [0.5, 0.6) is 0 Å². The lowest BCUT2D eigenvalue weighted by Crippen LogP contribution is -2.30. The minimum absolute atomic E-state index is 0.426. The highest BCUT2D eigenvalue weighted by atomic mass is 16.3. The van der Waals surface area contributed by atoms with Gasteiger partial charge in [-0.3, -0.25) is 0 Å². The molecule has 0 aliphatic rings. The van der Waals surface area contributed by atoms with Gasteiger partial charge in [0, 0.05) is 25.2 Å². The van der Waals surface area contributed by atoms with Crippen molar-refractivity contribution in [1.82, 2.24) is 10.2 Å². The Morgan fingerprint density at radius 2 is 2.06 bits per heavy atom. The predicted molar refractivity (Wildman–Crippen MR) is 72.0 cm³/mol. The van der Waals surface area contributed by atoms with Gasteiger partial charge in [-0.1, -0.05) is 20.8 Å². The number of hydrogen-bond acceptors (Lipinski definition) is 3. The number of nitrogens with one attached hydrogen (secondary N) is 1. The molecule has 1 N–H and O–H groups in total. The Kier molecular flexibility index (Phi) is 5.72. The normalized spacial score (nSPS) is 12.3. The van der Waals surface area contributed by atoms with Gasteiger partial charge >= 0.3 is 0 Å². The van der Waals surface area contributed by atoms with Crippen LogP contribution < -0.4 is 5.32 Å². The second-order valence-corrected chi connectivity index (χ2v) is 5.93. The van der Waals surface area contributed by atoms with Gasteiger partial charge in [0.15, 0.2) is 0 Å². The van der Waals surface area contributed by atoms with Crippen molar-refractivity contribution in [3.05, 3.63) is 24.2 Å². The summed E-state index contributed by atoms with van der Waals surface area (Å²) >= 11 is 0. The Morgan fingerprint density at radius 1 is 1.29 bits per heavy atom. The van der Waals surface area contributed by atoms with E-state index in [-0.39, 0.29) is 0 Å². The second kappa shape index (κ2) is 6.82. The maximum absolute atomic E-state index is 5.05. The first-order valence-electron chi connectivity index (χ1n) is 6.38. The van der Waals surface area contributed by atoms with E-state index < -0.39 is 0 Å². The summed E-state index contributed by atoms with van der Waals surface area (Å²) in [5, 5.41) is 3.49. The van der Waals surface area contributed by atoms with Gasteiger partial charge in [0.2, 0.25) is 0 Å². The first-order chi connectivity index (χ1) is 7.97. The van der Waals surface area contributed by atoms with Crippen LogP contribution in [0.3, 0.4) is 0 Å². The van der Waals surface area contributed by atoms with Crippen molar-refractivity contribution in [2.75, 3.05) is 26.7 Å². The van der Waals surface area contributed by atoms with Crippen LogP contribution in [-0.4, -0.2) is 31.6 Å². The molecule has 0 saturated heterocycles. The van der Waals surface area contributed by atoms with E-state index in [0.717, 1.165) is 26.2 Å². The summed E-state index contributed by atoms with van der Waals surface area (Å²) < 4.78 is 5.05. The SMILES string of the molecule is CN(CCNCCC(C)(C)C)Cc1ccoc1. The van der Waals surface area contributed by atoms with Gasteiger partial charge in [0.25, 0.3) is 0 Å². The van der Waals surface area contributed by atoms with Crippen molar-refractivity contribution < 1.29 is 4.42 Å². The van der Waals surface area contributed by atoms with E-state index in [1.165, 1.54) is 12.0 Å². The molecule has 0 unspecified atom stereocenters. The molecule has 0 saturated carbocycles. The average Bonchev–Trinajstić information content (AvgIpc) is 2.68. The molecule has 0 aromatic carbocycles. The molecule has 0 aliphatic heterocycles. The van der Waals surface area contributed by atoms with Crippen LogP contribution in [0.2, 0.25) is 0 Å². The quantitative estimate of drug-likeness (QED) is 0.740. The van der Waals surface area contributed by atoms with Gasteiger partial charge in [-0.15, -0.1) is 0 Å². The summed E-state index contributed by atoms with van der Waals surface area (Å²) in [6.45, 7) is 11.0. The van der Waals surface area contributed by atoms with E-state index in [4.69, 9.17) is 4.42 Å². The number of hydrogen-bond donors (Lipinski definition) is 1. The summed E-state index contributed by atoms with van der Waals surface area (Å²) in [6, 6.07) is 2.02. The third kappa shape index (κ3) is 7.18. The Labute approximate surface area is 105 Å². The number of furan rings is 1. The Balaban J connectivity index is 2.03. The minimum atomic E-state index is 0.426. The molecule has 1 aromatic rings. The number of nitrogens with zero attached hydrogens (tertiary/aromatic N) is 1. The van der Waals surface area contributed by atoms with Crippen LogP contribution in [-0.2, 0) is 6.54 Å². The maximum Gasteiger partial charge on any atom is 0.0947 e. The lowest BCUT2D eigenvalue weighted by atomic mass is 9.92. The number of likely N-dealkylation sites (N-methyl/N-ethyl adjacent to an activating group) is 1. The molecule has 3 heteroatoms. The number of rotatable bonds is 7. The van der Waals surface area contributed by atoms with Crippen LogP contribution in [0.1, 0.15) is 32.8 Å². The average molecular weight is 238 g/mol. The van der Waals surface area contributed by atoms with E-state index in [1.54, 1.807) is 6.26 Å². The first-order valence-corrected chi connectivity index (χ1v) is 6.38. The largest absolute Gasteiger partial charge is 0.472 e. The smallest absolute Gasteiger partial charge is 0.0947 e. The van der Waals surface area contributed by atoms with E-state index in [2.05, 4.69) is 38.0 Å². The first kappa shape index (κ1) is 14.3. The van der Waals surface area contributed by atoms with Gasteiger partial charge in [-0.25, -0.2) is 0 Å². The van der Waals surface area contributed by atoms with Gasteiger partial charge in [0.05, 0.1) is 12.5 Å². The van der Waals surface area contributed by atoms with E-state index in [0.29, 0.717) is 5.41 Å². The zero-order chi connectivity index (χ0) is 12.7. The highest BCUT2D eigenvalue weighted by Gasteiger charge is 2.08. The van der Waals surface area contributed by atoms with Gasteiger partial charge in [0.1, 0.15) is 0 Å². The molecule has 1 heterocycles. The van der Waals surface area contributed by atoms with E-state index in [1.807, 2.05) is 12.3 Å². The zero-order valence-electron chi connectivity index (χ0n) is 11.6. The predicted octanol–water partition coefficient (Wildman–Crippen LogP) is 2.74. The molecule has 1 aromatic heterocycles. The Bertz CT molecular complexity index is 288. The van der Waals surface area contributed by atoms with Gasteiger partial charge < -0.3 is 14.6 Å². The molecule has 0 radical (unpaired) electrons. The van der Waals surface area contributed by atoms with E-state index >= 15 is 0 Å². The lowest BCUT2D eigenvalue weighted by molar-refractivity contribution is 0.313. The van der Waals surface area contributed by atoms with Crippen LogP contribution in [0.4, 0.5) is 0 Å². The van der Waals surface area contributed by atoms with Crippen LogP contribution in [0.25, 0.3) is 0 Å². The lowest BCUT2D eigenvalue weighted by Gasteiger charge is -2.19. The summed E-state index contributed by atoms with van der Waals surface area (Å²) in [5.41, 5.74) is 1.66. The van der Waals surface area contributed by atoms with Crippen molar-refractivity contribution >= 4 is 0 Å². The third-order valence-electron chi connectivity index (χ3n) is 2.75. The van der Waals surface area contributed by atoms with Crippen molar-refractivity contribution in [3.8, 4) is 0 Å². The van der Waals surface area contributed by atoms with Gasteiger partial charge in [-0.05, 0) is 31.5 Å². The highest BCUT2D eigenvalue weighted by molar-refractivity contribution is 5.04. The molecule has 0 aliphatic carbocycles. The summed E-state index contributed by atoms with van der Waals surface area (Å²) in [7, 11) is 2.14. The minimum Gasteiger partial charge on any atom is -0.472 e. The van der Waals surface area contributed by atoms with Crippen molar-refractivity contribution in [2.24, 2.45) is 5.41 Å².